The molecule has 1 aliphatic heterocycles. The molecule has 0 bridgehead atoms. The lowest BCUT2D eigenvalue weighted by atomic mass is 9.90. The molecule has 2 heterocycles. The van der Waals surface area contributed by atoms with Gasteiger partial charge in [-0.3, -0.25) is 9.59 Å². The zero-order valence-corrected chi connectivity index (χ0v) is 19.4. The van der Waals surface area contributed by atoms with Crippen molar-refractivity contribution in [3.63, 3.8) is 0 Å². The number of carbonyl (C=O) groups is 3. The van der Waals surface area contributed by atoms with Crippen LogP contribution in [0.1, 0.15) is 43.7 Å². The summed E-state index contributed by atoms with van der Waals surface area (Å²) in [5, 5.41) is 18.0. The first kappa shape index (κ1) is 24.5. The van der Waals surface area contributed by atoms with Crippen LogP contribution in [0, 0.1) is 11.3 Å². The summed E-state index contributed by atoms with van der Waals surface area (Å²) in [5.41, 5.74) is 0.326. The average molecular weight is 489 g/mol. The quantitative estimate of drug-likeness (QED) is 0.311. The normalized spacial score (nSPS) is 18.0. The van der Waals surface area contributed by atoms with Gasteiger partial charge in [0.1, 0.15) is 15.8 Å². The predicted molar refractivity (Wildman–Crippen MR) is 123 cm³/mol. The van der Waals surface area contributed by atoms with Crippen LogP contribution in [0.3, 0.4) is 0 Å². The maximum atomic E-state index is 13.6. The number of hydrogen-bond donors (Lipinski definition) is 1. The molecule has 0 saturated carbocycles. The van der Waals surface area contributed by atoms with Crippen molar-refractivity contribution in [1.82, 2.24) is 9.88 Å². The highest BCUT2D eigenvalue weighted by molar-refractivity contribution is 6.33. The summed E-state index contributed by atoms with van der Waals surface area (Å²) in [4.78, 5) is 44.2. The second-order valence-corrected chi connectivity index (χ2v) is 8.78. The van der Waals surface area contributed by atoms with Gasteiger partial charge in [-0.15, -0.1) is 0 Å². The minimum Gasteiger partial charge on any atom is -0.481 e. The number of urea groups is 1. The van der Waals surface area contributed by atoms with Crippen LogP contribution in [0.25, 0.3) is 0 Å². The van der Waals surface area contributed by atoms with Crippen molar-refractivity contribution in [3.05, 3.63) is 57.8 Å². The highest BCUT2D eigenvalue weighted by Gasteiger charge is 2.54. The standard InChI is InChI=1S/C23H22Cl2N4O4/c1-23(13-15-6-8-16(14-26)9-7-15)21(32)29(17-11-18(24)27-19(25)12-17)22(33)28(23)10-4-2-3-5-20(30)31/h6-9,11-12H,2-5,10,13H2,1H3,(H,30,31). The van der Waals surface area contributed by atoms with Crippen molar-refractivity contribution < 1.29 is 19.5 Å². The van der Waals surface area contributed by atoms with Crippen molar-refractivity contribution in [2.45, 2.75) is 44.6 Å². The van der Waals surface area contributed by atoms with Crippen LogP contribution in [-0.4, -0.2) is 45.0 Å². The molecule has 1 saturated heterocycles. The number of hydrogen-bond acceptors (Lipinski definition) is 5. The van der Waals surface area contributed by atoms with Gasteiger partial charge in [-0.1, -0.05) is 41.8 Å². The van der Waals surface area contributed by atoms with Crippen LogP contribution in [0.5, 0.6) is 0 Å². The van der Waals surface area contributed by atoms with E-state index < -0.39 is 23.4 Å². The lowest BCUT2D eigenvalue weighted by Crippen LogP contribution is -2.49. The van der Waals surface area contributed by atoms with E-state index in [2.05, 4.69) is 11.1 Å². The lowest BCUT2D eigenvalue weighted by molar-refractivity contribution is -0.137. The van der Waals surface area contributed by atoms with E-state index in [1.54, 1.807) is 31.2 Å². The van der Waals surface area contributed by atoms with E-state index >= 15 is 0 Å². The maximum absolute atomic E-state index is 13.6. The number of carboxylic acids is 1. The number of anilines is 1. The Morgan fingerprint density at radius 2 is 1.76 bits per heavy atom. The largest absolute Gasteiger partial charge is 0.481 e. The number of pyridine rings is 1. The third-order valence-corrected chi connectivity index (χ3v) is 5.98. The van der Waals surface area contributed by atoms with Crippen LogP contribution >= 0.6 is 23.2 Å². The Morgan fingerprint density at radius 1 is 1.12 bits per heavy atom. The summed E-state index contributed by atoms with van der Waals surface area (Å²) in [7, 11) is 0. The number of aromatic nitrogens is 1. The van der Waals surface area contributed by atoms with E-state index in [9.17, 15) is 14.4 Å². The van der Waals surface area contributed by atoms with Crippen molar-refractivity contribution in [1.29, 1.82) is 5.26 Å². The molecule has 1 aromatic carbocycles. The number of amides is 3. The minimum absolute atomic E-state index is 0.0511. The van der Waals surface area contributed by atoms with Crippen LogP contribution in [0.2, 0.25) is 10.3 Å². The topological polar surface area (TPSA) is 115 Å². The van der Waals surface area contributed by atoms with Gasteiger partial charge in [-0.05, 0) is 49.6 Å². The highest BCUT2D eigenvalue weighted by Crippen LogP contribution is 2.36. The van der Waals surface area contributed by atoms with E-state index in [1.807, 2.05) is 0 Å². The van der Waals surface area contributed by atoms with Crippen LogP contribution in [0.15, 0.2) is 36.4 Å². The molecule has 1 aromatic heterocycles. The van der Waals surface area contributed by atoms with Crippen molar-refractivity contribution in [2.24, 2.45) is 0 Å². The molecule has 1 aliphatic rings. The van der Waals surface area contributed by atoms with Gasteiger partial charge in [0.15, 0.2) is 0 Å². The zero-order chi connectivity index (χ0) is 24.2. The highest BCUT2D eigenvalue weighted by atomic mass is 35.5. The molecule has 3 rings (SSSR count). The molecular formula is C23H22Cl2N4O4. The van der Waals surface area contributed by atoms with Gasteiger partial charge in [0.2, 0.25) is 0 Å². The van der Waals surface area contributed by atoms with E-state index in [-0.39, 0.29) is 35.4 Å². The number of halogens is 2. The number of carboxylic acid groups (broad SMARTS) is 1. The second-order valence-electron chi connectivity index (χ2n) is 8.01. The summed E-state index contributed by atoms with van der Waals surface area (Å²) in [6.45, 7) is 1.98. The fourth-order valence-corrected chi connectivity index (χ4v) is 4.36. The summed E-state index contributed by atoms with van der Waals surface area (Å²) < 4.78 is 0. The smallest absolute Gasteiger partial charge is 0.332 e. The fraction of sp³-hybridized carbons (Fsp3) is 0.348. The number of benzene rings is 1. The SMILES string of the molecule is CC1(Cc2ccc(C#N)cc2)C(=O)N(c2cc(Cl)nc(Cl)c2)C(=O)N1CCCCCC(=O)O. The Balaban J connectivity index is 1.91. The molecule has 33 heavy (non-hydrogen) atoms. The molecule has 8 nitrogen and oxygen atoms in total. The molecule has 1 N–H and O–H groups in total. The molecule has 0 spiro atoms. The Labute approximate surface area is 201 Å². The first-order valence-corrected chi connectivity index (χ1v) is 11.1. The first-order valence-electron chi connectivity index (χ1n) is 10.4. The monoisotopic (exact) mass is 488 g/mol. The Bertz CT molecular complexity index is 1100. The summed E-state index contributed by atoms with van der Waals surface area (Å²) in [6, 6.07) is 11.2. The number of unbranched alkanes of at least 4 members (excludes halogenated alkanes) is 2. The maximum Gasteiger partial charge on any atom is 0.332 e. The third-order valence-electron chi connectivity index (χ3n) is 5.59. The van der Waals surface area contributed by atoms with Gasteiger partial charge in [0, 0.05) is 19.4 Å². The van der Waals surface area contributed by atoms with Crippen molar-refractivity contribution >= 4 is 46.8 Å². The van der Waals surface area contributed by atoms with Crippen LogP contribution in [-0.2, 0) is 16.0 Å². The van der Waals surface area contributed by atoms with Gasteiger partial charge in [-0.2, -0.15) is 5.26 Å². The summed E-state index contributed by atoms with van der Waals surface area (Å²) in [5.74, 6) is -1.30. The molecule has 0 aliphatic carbocycles. The predicted octanol–water partition coefficient (Wildman–Crippen LogP) is 4.68. The third kappa shape index (κ3) is 5.44. The molecule has 0 radical (unpaired) electrons. The number of rotatable bonds is 9. The van der Waals surface area contributed by atoms with Crippen LogP contribution in [0.4, 0.5) is 10.5 Å². The van der Waals surface area contributed by atoms with Gasteiger partial charge >= 0.3 is 12.0 Å². The first-order chi connectivity index (χ1) is 15.7. The zero-order valence-electron chi connectivity index (χ0n) is 17.9. The van der Waals surface area contributed by atoms with Crippen molar-refractivity contribution in [2.75, 3.05) is 11.4 Å². The van der Waals surface area contributed by atoms with E-state index in [0.29, 0.717) is 24.8 Å². The number of nitrogens with zero attached hydrogens (tertiary/aromatic N) is 4. The number of nitriles is 1. The molecule has 2 aromatic rings. The van der Waals surface area contributed by atoms with Crippen molar-refractivity contribution in [3.8, 4) is 6.07 Å². The molecular weight excluding hydrogens is 467 g/mol. The van der Waals surface area contributed by atoms with Gasteiger partial charge in [0.25, 0.3) is 5.91 Å². The van der Waals surface area contributed by atoms with E-state index in [4.69, 9.17) is 33.6 Å². The Hall–Kier alpha value is -3.15. The molecule has 1 unspecified atom stereocenters. The number of imide groups is 1. The van der Waals surface area contributed by atoms with Gasteiger partial charge in [0.05, 0.1) is 17.3 Å². The van der Waals surface area contributed by atoms with Gasteiger partial charge < -0.3 is 10.0 Å². The van der Waals surface area contributed by atoms with Gasteiger partial charge in [-0.25, -0.2) is 14.7 Å². The lowest BCUT2D eigenvalue weighted by Gasteiger charge is -2.32. The molecule has 172 valence electrons. The number of carbonyl (C=O) groups excluding carboxylic acids is 2. The van der Waals surface area contributed by atoms with E-state index in [1.165, 1.54) is 17.0 Å². The number of aliphatic carboxylic acids is 1. The summed E-state index contributed by atoms with van der Waals surface area (Å²) in [6.07, 6.45) is 1.92. The molecule has 1 atom stereocenters. The average Bonchev–Trinajstić information content (AvgIpc) is 2.93. The Kier molecular flexibility index (Phi) is 7.57. The Morgan fingerprint density at radius 3 is 2.33 bits per heavy atom. The summed E-state index contributed by atoms with van der Waals surface area (Å²) >= 11 is 12.0. The fourth-order valence-electron chi connectivity index (χ4n) is 3.92. The minimum atomic E-state index is -1.19. The van der Waals surface area contributed by atoms with Crippen LogP contribution < -0.4 is 4.90 Å². The van der Waals surface area contributed by atoms with E-state index in [0.717, 1.165) is 10.5 Å². The second kappa shape index (κ2) is 10.2. The molecule has 1 fully saturated rings. The molecule has 3 amide bonds. The molecule has 10 heteroatoms.